The second-order valence-electron chi connectivity index (χ2n) is 3.93. The summed E-state index contributed by atoms with van der Waals surface area (Å²) in [6.07, 6.45) is 0. The Kier molecular flexibility index (Phi) is 3.82. The van der Waals surface area contributed by atoms with Gasteiger partial charge in [0.1, 0.15) is 16.4 Å². The molecule has 2 aromatic rings. The van der Waals surface area contributed by atoms with Gasteiger partial charge in [-0.15, -0.1) is 0 Å². The largest absolute Gasteiger partial charge is 0.497 e. The van der Waals surface area contributed by atoms with Gasteiger partial charge in [0.25, 0.3) is 0 Å². The Morgan fingerprint density at radius 3 is 2.42 bits per heavy atom. The summed E-state index contributed by atoms with van der Waals surface area (Å²) in [4.78, 5) is 10.1. The van der Waals surface area contributed by atoms with E-state index in [2.05, 4.69) is 5.32 Å². The number of ether oxygens (including phenoxy) is 1. The minimum absolute atomic E-state index is 0.236. The predicted molar refractivity (Wildman–Crippen MR) is 69.3 cm³/mol. The quantitative estimate of drug-likeness (QED) is 0.661. The average molecular weight is 262 g/mol. The van der Waals surface area contributed by atoms with Gasteiger partial charge < -0.3 is 14.5 Å². The average Bonchev–Trinajstić information content (AvgIpc) is 2.90. The third-order valence-corrected chi connectivity index (χ3v) is 2.81. The van der Waals surface area contributed by atoms with E-state index in [4.69, 9.17) is 9.15 Å². The van der Waals surface area contributed by atoms with Crippen molar-refractivity contribution in [3.05, 3.63) is 57.8 Å². The zero-order valence-electron chi connectivity index (χ0n) is 10.6. The van der Waals surface area contributed by atoms with Crippen molar-refractivity contribution in [3.63, 3.8) is 0 Å². The van der Waals surface area contributed by atoms with Crippen LogP contribution in [0.15, 0.2) is 40.8 Å². The lowest BCUT2D eigenvalue weighted by Crippen LogP contribution is -2.16. The summed E-state index contributed by atoms with van der Waals surface area (Å²) < 4.78 is 10.3. The molecule has 1 atom stereocenters. The summed E-state index contributed by atoms with van der Waals surface area (Å²) in [5, 5.41) is 13.7. The van der Waals surface area contributed by atoms with E-state index in [1.54, 1.807) is 20.2 Å². The van der Waals surface area contributed by atoms with Crippen LogP contribution in [0.1, 0.15) is 17.4 Å². The lowest BCUT2D eigenvalue weighted by molar-refractivity contribution is -0.402. The molecule has 0 saturated heterocycles. The van der Waals surface area contributed by atoms with Crippen molar-refractivity contribution in [2.45, 2.75) is 6.04 Å². The van der Waals surface area contributed by atoms with Gasteiger partial charge in [-0.2, -0.15) is 0 Å². The summed E-state index contributed by atoms with van der Waals surface area (Å²) in [7, 11) is 3.36. The molecule has 0 aliphatic rings. The van der Waals surface area contributed by atoms with Gasteiger partial charge in [-0.25, -0.2) is 0 Å². The van der Waals surface area contributed by atoms with Crippen LogP contribution in [-0.2, 0) is 0 Å². The smallest absolute Gasteiger partial charge is 0.433 e. The van der Waals surface area contributed by atoms with Gasteiger partial charge in [-0.05, 0) is 30.8 Å². The number of hydrogen-bond acceptors (Lipinski definition) is 5. The first-order valence-corrected chi connectivity index (χ1v) is 5.71. The Labute approximate surface area is 110 Å². The first kappa shape index (κ1) is 13.1. The van der Waals surface area contributed by atoms with Crippen molar-refractivity contribution in [2.75, 3.05) is 14.2 Å². The zero-order chi connectivity index (χ0) is 13.8. The van der Waals surface area contributed by atoms with Crippen LogP contribution in [0.2, 0.25) is 0 Å². The van der Waals surface area contributed by atoms with E-state index < -0.39 is 4.92 Å². The van der Waals surface area contributed by atoms with Crippen molar-refractivity contribution in [1.82, 2.24) is 5.32 Å². The first-order chi connectivity index (χ1) is 9.15. The highest BCUT2D eigenvalue weighted by atomic mass is 16.6. The number of nitrogens with one attached hydrogen (secondary N) is 1. The molecule has 1 unspecified atom stereocenters. The fourth-order valence-electron chi connectivity index (χ4n) is 1.87. The maximum absolute atomic E-state index is 10.6. The predicted octanol–water partition coefficient (Wildman–Crippen LogP) is 2.51. The molecule has 0 saturated carbocycles. The van der Waals surface area contributed by atoms with Gasteiger partial charge in [0, 0.05) is 0 Å². The van der Waals surface area contributed by atoms with Crippen LogP contribution in [0.25, 0.3) is 0 Å². The fraction of sp³-hybridized carbons (Fsp3) is 0.231. The molecule has 0 bridgehead atoms. The molecule has 0 aliphatic heterocycles. The van der Waals surface area contributed by atoms with E-state index in [1.165, 1.54) is 6.07 Å². The molecule has 2 rings (SSSR count). The van der Waals surface area contributed by atoms with Crippen molar-refractivity contribution >= 4 is 5.88 Å². The van der Waals surface area contributed by atoms with Crippen LogP contribution in [0, 0.1) is 10.1 Å². The lowest BCUT2D eigenvalue weighted by atomic mass is 10.0. The van der Waals surface area contributed by atoms with Gasteiger partial charge in [0.15, 0.2) is 0 Å². The van der Waals surface area contributed by atoms with E-state index in [-0.39, 0.29) is 11.9 Å². The maximum atomic E-state index is 10.6. The zero-order valence-corrected chi connectivity index (χ0v) is 10.6. The molecular formula is C13H14N2O4. The Morgan fingerprint density at radius 2 is 1.95 bits per heavy atom. The first-order valence-electron chi connectivity index (χ1n) is 5.71. The number of furan rings is 1. The van der Waals surface area contributed by atoms with E-state index in [1.807, 2.05) is 24.3 Å². The van der Waals surface area contributed by atoms with Crippen molar-refractivity contribution in [1.29, 1.82) is 0 Å². The number of nitrogens with zero attached hydrogens (tertiary/aromatic N) is 1. The van der Waals surface area contributed by atoms with Crippen LogP contribution >= 0.6 is 0 Å². The number of hydrogen-bond donors (Lipinski definition) is 1. The molecule has 100 valence electrons. The minimum atomic E-state index is -0.551. The standard InChI is InChI=1S/C13H14N2O4/c1-14-13(9-3-5-10(18-2)6-4-9)11-7-8-12(19-11)15(16)17/h3-8,13-14H,1-2H3. The summed E-state index contributed by atoms with van der Waals surface area (Å²) in [5.74, 6) is 0.993. The Bertz CT molecular complexity index is 562. The van der Waals surface area contributed by atoms with Gasteiger partial charge in [0.2, 0.25) is 0 Å². The molecule has 1 aromatic heterocycles. The summed E-state index contributed by atoms with van der Waals surface area (Å²) in [6, 6.07) is 10.1. The van der Waals surface area contributed by atoms with Crippen LogP contribution in [-0.4, -0.2) is 19.1 Å². The van der Waals surface area contributed by atoms with E-state index in [0.717, 1.165) is 11.3 Å². The second kappa shape index (κ2) is 5.53. The molecule has 1 N–H and O–H groups in total. The normalized spacial score (nSPS) is 12.1. The van der Waals surface area contributed by atoms with Crippen molar-refractivity contribution in [2.24, 2.45) is 0 Å². The lowest BCUT2D eigenvalue weighted by Gasteiger charge is -2.14. The highest BCUT2D eigenvalue weighted by Gasteiger charge is 2.20. The fourth-order valence-corrected chi connectivity index (χ4v) is 1.87. The number of rotatable bonds is 5. The summed E-state index contributed by atoms with van der Waals surface area (Å²) >= 11 is 0. The maximum Gasteiger partial charge on any atom is 0.433 e. The van der Waals surface area contributed by atoms with Crippen molar-refractivity contribution in [3.8, 4) is 5.75 Å². The van der Waals surface area contributed by atoms with Crippen LogP contribution < -0.4 is 10.1 Å². The monoisotopic (exact) mass is 262 g/mol. The molecule has 0 aliphatic carbocycles. The number of nitro groups is 1. The summed E-state index contributed by atoms with van der Waals surface area (Å²) in [5.41, 5.74) is 0.938. The molecule has 1 aromatic carbocycles. The minimum Gasteiger partial charge on any atom is -0.497 e. The van der Waals surface area contributed by atoms with Gasteiger partial charge in [0.05, 0.1) is 19.2 Å². The van der Waals surface area contributed by atoms with E-state index in [0.29, 0.717) is 5.76 Å². The molecule has 0 amide bonds. The highest BCUT2D eigenvalue weighted by molar-refractivity contribution is 5.34. The third-order valence-electron chi connectivity index (χ3n) is 2.81. The van der Waals surface area contributed by atoms with Gasteiger partial charge in [-0.3, -0.25) is 10.1 Å². The van der Waals surface area contributed by atoms with Gasteiger partial charge in [-0.1, -0.05) is 12.1 Å². The Hall–Kier alpha value is -2.34. The van der Waals surface area contributed by atoms with E-state index >= 15 is 0 Å². The van der Waals surface area contributed by atoms with Crippen LogP contribution in [0.5, 0.6) is 5.75 Å². The van der Waals surface area contributed by atoms with E-state index in [9.17, 15) is 10.1 Å². The topological polar surface area (TPSA) is 77.5 Å². The number of benzene rings is 1. The van der Waals surface area contributed by atoms with Gasteiger partial charge >= 0.3 is 5.88 Å². The molecular weight excluding hydrogens is 248 g/mol. The third kappa shape index (κ3) is 2.74. The molecule has 1 heterocycles. The highest BCUT2D eigenvalue weighted by Crippen LogP contribution is 2.27. The Balaban J connectivity index is 2.29. The van der Waals surface area contributed by atoms with Crippen LogP contribution in [0.4, 0.5) is 5.88 Å². The second-order valence-corrected chi connectivity index (χ2v) is 3.93. The SMILES string of the molecule is CNC(c1ccc(OC)cc1)c1ccc([N+](=O)[O-])o1. The van der Waals surface area contributed by atoms with Crippen molar-refractivity contribution < 1.29 is 14.1 Å². The molecule has 6 nitrogen and oxygen atoms in total. The molecule has 6 heteroatoms. The molecule has 0 fully saturated rings. The number of methoxy groups -OCH3 is 1. The summed E-state index contributed by atoms with van der Waals surface area (Å²) in [6.45, 7) is 0. The van der Waals surface area contributed by atoms with Crippen LogP contribution in [0.3, 0.4) is 0 Å². The molecule has 0 radical (unpaired) electrons. The molecule has 0 spiro atoms. The molecule has 19 heavy (non-hydrogen) atoms. The Morgan fingerprint density at radius 1 is 1.26 bits per heavy atom.